The zero-order chi connectivity index (χ0) is 14.7. The summed E-state index contributed by atoms with van der Waals surface area (Å²) in [6, 6.07) is 1.14. The average Bonchev–Trinajstić information content (AvgIpc) is 2.37. The maximum Gasteiger partial charge on any atom is 0.333 e. The first-order valence-corrected chi connectivity index (χ1v) is 8.07. The van der Waals surface area contributed by atoms with Crippen LogP contribution in [0, 0.1) is 0 Å². The van der Waals surface area contributed by atoms with E-state index in [0.717, 1.165) is 22.7 Å². The number of allylic oxidation sites excluding steroid dienone is 1. The highest BCUT2D eigenvalue weighted by atomic mass is 28.1. The minimum Gasteiger partial charge on any atom is -0.462 e. The summed E-state index contributed by atoms with van der Waals surface area (Å²) < 4.78 is 10.0. The van der Waals surface area contributed by atoms with E-state index in [9.17, 15) is 9.59 Å². The molecule has 0 aromatic heterocycles. The maximum atomic E-state index is 11.5. The molecule has 0 atom stereocenters. The van der Waals surface area contributed by atoms with Gasteiger partial charge in [0.2, 0.25) is 0 Å². The van der Waals surface area contributed by atoms with E-state index in [0.29, 0.717) is 37.2 Å². The van der Waals surface area contributed by atoms with E-state index >= 15 is 0 Å². The van der Waals surface area contributed by atoms with Gasteiger partial charge in [-0.05, 0) is 33.1 Å². The summed E-state index contributed by atoms with van der Waals surface area (Å²) in [5, 5.41) is 0. The van der Waals surface area contributed by atoms with E-state index in [2.05, 4.69) is 6.58 Å². The summed E-state index contributed by atoms with van der Waals surface area (Å²) in [6.07, 6.45) is 4.13. The summed E-state index contributed by atoms with van der Waals surface area (Å²) in [7, 11) is 1.14. The van der Waals surface area contributed by atoms with E-state index in [-0.39, 0.29) is 11.9 Å². The van der Waals surface area contributed by atoms with Gasteiger partial charge in [-0.25, -0.2) is 9.59 Å². The largest absolute Gasteiger partial charge is 0.462 e. The fraction of sp³-hybridized carbons (Fsp3) is 0.571. The highest BCUT2D eigenvalue weighted by molar-refractivity contribution is 6.08. The molecule has 0 unspecified atom stereocenters. The van der Waals surface area contributed by atoms with Gasteiger partial charge in [-0.2, -0.15) is 0 Å². The van der Waals surface area contributed by atoms with E-state index in [1.165, 1.54) is 0 Å². The summed E-state index contributed by atoms with van der Waals surface area (Å²) in [6.45, 7) is 7.69. The van der Waals surface area contributed by atoms with Crippen LogP contribution in [-0.4, -0.2) is 35.4 Å². The van der Waals surface area contributed by atoms with Crippen LogP contribution in [0.25, 0.3) is 0 Å². The lowest BCUT2D eigenvalue weighted by molar-refractivity contribution is -0.140. The predicted molar refractivity (Wildman–Crippen MR) is 79.1 cm³/mol. The average molecular weight is 284 g/mol. The Morgan fingerprint density at radius 2 is 1.68 bits per heavy atom. The highest BCUT2D eigenvalue weighted by Crippen LogP contribution is 2.03. The molecular formula is C14H24O4Si. The number of unbranched alkanes of at least 4 members (excludes halogenated alkanes) is 1. The molecule has 0 rings (SSSR count). The third kappa shape index (κ3) is 9.24. The number of ether oxygens (including phenoxy) is 2. The van der Waals surface area contributed by atoms with E-state index < -0.39 is 0 Å². The molecule has 0 aliphatic rings. The van der Waals surface area contributed by atoms with Crippen LogP contribution in [-0.2, 0) is 19.1 Å². The topological polar surface area (TPSA) is 52.6 Å². The lowest BCUT2D eigenvalue weighted by Gasteiger charge is -2.04. The summed E-state index contributed by atoms with van der Waals surface area (Å²) in [4.78, 5) is 22.6. The van der Waals surface area contributed by atoms with Gasteiger partial charge >= 0.3 is 11.9 Å². The van der Waals surface area contributed by atoms with Crippen molar-refractivity contribution in [2.24, 2.45) is 0 Å². The Bertz CT molecular complexity index is 347. The van der Waals surface area contributed by atoms with Crippen LogP contribution in [0.5, 0.6) is 0 Å². The van der Waals surface area contributed by atoms with Crippen molar-refractivity contribution in [2.75, 3.05) is 13.2 Å². The van der Waals surface area contributed by atoms with Crippen LogP contribution in [0.1, 0.15) is 33.1 Å². The van der Waals surface area contributed by atoms with Crippen molar-refractivity contribution >= 4 is 22.2 Å². The molecule has 0 heterocycles. The first-order chi connectivity index (χ1) is 8.99. The van der Waals surface area contributed by atoms with E-state index in [1.54, 1.807) is 13.8 Å². The molecule has 0 saturated carbocycles. The van der Waals surface area contributed by atoms with Crippen molar-refractivity contribution in [2.45, 2.75) is 39.2 Å². The lowest BCUT2D eigenvalue weighted by atomic mass is 10.2. The Kier molecular flexibility index (Phi) is 9.79. The second-order valence-electron chi connectivity index (χ2n) is 4.44. The number of rotatable bonds is 9. The molecule has 4 nitrogen and oxygen atoms in total. The fourth-order valence-electron chi connectivity index (χ4n) is 1.20. The van der Waals surface area contributed by atoms with Crippen LogP contribution >= 0.6 is 0 Å². The molecule has 19 heavy (non-hydrogen) atoms. The van der Waals surface area contributed by atoms with Crippen LogP contribution in [0.4, 0.5) is 0 Å². The molecule has 0 aromatic rings. The molecule has 0 aliphatic carbocycles. The zero-order valence-corrected chi connectivity index (χ0v) is 14.2. The summed E-state index contributed by atoms with van der Waals surface area (Å²) >= 11 is 0. The molecule has 0 fully saturated rings. The third-order valence-corrected chi connectivity index (χ3v) is 3.14. The number of carbonyl (C=O) groups is 2. The van der Waals surface area contributed by atoms with Crippen molar-refractivity contribution < 1.29 is 19.1 Å². The lowest BCUT2D eigenvalue weighted by Crippen LogP contribution is -2.07. The summed E-state index contributed by atoms with van der Waals surface area (Å²) in [5.41, 5.74) is 1.01. The molecule has 0 N–H and O–H groups in total. The zero-order valence-electron chi connectivity index (χ0n) is 12.2. The highest BCUT2D eigenvalue weighted by Gasteiger charge is 2.05. The van der Waals surface area contributed by atoms with Gasteiger partial charge in [0.25, 0.3) is 0 Å². The van der Waals surface area contributed by atoms with Crippen molar-refractivity contribution in [3.63, 3.8) is 0 Å². The smallest absolute Gasteiger partial charge is 0.333 e. The standard InChI is InChI=1S/C14H24O4Si/c1-11(2)13(15)17-8-5-4-7-12(3)14(16)18-9-6-10-19/h7H,1,4-6,8-10H2,2-3,19H3. The monoisotopic (exact) mass is 284 g/mol. The molecule has 0 radical (unpaired) electrons. The first kappa shape index (κ1) is 17.6. The Morgan fingerprint density at radius 3 is 2.26 bits per heavy atom. The van der Waals surface area contributed by atoms with Gasteiger partial charge < -0.3 is 9.47 Å². The van der Waals surface area contributed by atoms with Gasteiger partial charge in [0, 0.05) is 21.4 Å². The molecule has 108 valence electrons. The van der Waals surface area contributed by atoms with Crippen LogP contribution in [0.15, 0.2) is 23.8 Å². The minimum atomic E-state index is -0.372. The van der Waals surface area contributed by atoms with Gasteiger partial charge in [-0.1, -0.05) is 18.7 Å². The van der Waals surface area contributed by atoms with Crippen molar-refractivity contribution in [1.82, 2.24) is 0 Å². The number of hydrogen-bond acceptors (Lipinski definition) is 4. The van der Waals surface area contributed by atoms with Gasteiger partial charge in [0.05, 0.1) is 13.2 Å². The second-order valence-corrected chi connectivity index (χ2v) is 5.44. The van der Waals surface area contributed by atoms with Crippen LogP contribution in [0.2, 0.25) is 6.04 Å². The Hall–Kier alpha value is -1.36. The van der Waals surface area contributed by atoms with Crippen molar-refractivity contribution in [1.29, 1.82) is 0 Å². The Morgan fingerprint density at radius 1 is 1.11 bits per heavy atom. The first-order valence-electron chi connectivity index (χ1n) is 6.65. The molecule has 0 aromatic carbocycles. The van der Waals surface area contributed by atoms with Crippen molar-refractivity contribution in [3.05, 3.63) is 23.8 Å². The molecule has 0 spiro atoms. The van der Waals surface area contributed by atoms with E-state index in [1.807, 2.05) is 6.08 Å². The van der Waals surface area contributed by atoms with Gasteiger partial charge in [-0.15, -0.1) is 0 Å². The Balaban J connectivity index is 3.77. The second kappa shape index (κ2) is 10.5. The quantitative estimate of drug-likeness (QED) is 0.279. The fourth-order valence-corrected chi connectivity index (χ4v) is 1.49. The van der Waals surface area contributed by atoms with Gasteiger partial charge in [0.15, 0.2) is 0 Å². The molecular weight excluding hydrogens is 260 g/mol. The molecule has 0 aliphatic heterocycles. The number of hydrogen-bond donors (Lipinski definition) is 0. The number of esters is 2. The Labute approximate surface area is 118 Å². The summed E-state index contributed by atoms with van der Waals surface area (Å²) in [5.74, 6) is -0.628. The molecule has 0 saturated heterocycles. The molecule has 0 bridgehead atoms. The normalized spacial score (nSPS) is 11.2. The molecule has 0 amide bonds. The maximum absolute atomic E-state index is 11.5. The number of carbonyl (C=O) groups excluding carboxylic acids is 2. The predicted octanol–water partition coefficient (Wildman–Crippen LogP) is 1.55. The van der Waals surface area contributed by atoms with Crippen LogP contribution in [0.3, 0.4) is 0 Å². The van der Waals surface area contributed by atoms with Gasteiger partial charge in [-0.3, -0.25) is 0 Å². The van der Waals surface area contributed by atoms with Gasteiger partial charge in [0.1, 0.15) is 0 Å². The van der Waals surface area contributed by atoms with Crippen LogP contribution < -0.4 is 0 Å². The molecule has 5 heteroatoms. The minimum absolute atomic E-state index is 0.256. The van der Waals surface area contributed by atoms with Crippen molar-refractivity contribution in [3.8, 4) is 0 Å². The van der Waals surface area contributed by atoms with E-state index in [4.69, 9.17) is 9.47 Å². The third-order valence-electron chi connectivity index (χ3n) is 2.43. The SMILES string of the molecule is C=C(C)C(=O)OCCCC=C(C)C(=O)OCCC[SiH3].